The zero-order valence-corrected chi connectivity index (χ0v) is 8.80. The highest BCUT2D eigenvalue weighted by molar-refractivity contribution is 7.92. The molecule has 1 N–H and O–H groups in total. The smallest absolute Gasteiger partial charge is 0.304 e. The Balaban J connectivity index is 4.30. The maximum absolute atomic E-state index is 11.4. The first-order valence-electron chi connectivity index (χ1n) is 4.37. The van der Waals surface area contributed by atoms with Crippen LogP contribution in [0.15, 0.2) is 0 Å². The normalized spacial score (nSPS) is 11.9. The summed E-state index contributed by atoms with van der Waals surface area (Å²) in [5.41, 5.74) is 0. The van der Waals surface area contributed by atoms with Crippen molar-refractivity contribution >= 4 is 15.8 Å². The summed E-state index contributed by atoms with van der Waals surface area (Å²) in [6, 6.07) is 0. The van der Waals surface area contributed by atoms with E-state index in [0.29, 0.717) is 12.8 Å². The van der Waals surface area contributed by atoms with Crippen LogP contribution in [0.1, 0.15) is 33.1 Å². The molecule has 0 aromatic carbocycles. The van der Waals surface area contributed by atoms with E-state index in [0.717, 1.165) is 0 Å². The van der Waals surface area contributed by atoms with Crippen molar-refractivity contribution in [1.82, 2.24) is 0 Å². The number of sulfone groups is 1. The maximum Gasteiger partial charge on any atom is 0.304 e. The molecule has 0 rings (SSSR count). The zero-order valence-electron chi connectivity index (χ0n) is 7.99. The molecule has 0 fully saturated rings. The Morgan fingerprint density at radius 1 is 1.31 bits per heavy atom. The standard InChI is InChI=1S/C8H16O4S/c1-3-7(4-2)13(11,12)6-5-8(9)10/h7H,3-6H2,1-2H3,(H,9,10). The van der Waals surface area contributed by atoms with Gasteiger partial charge in [-0.1, -0.05) is 13.8 Å². The Kier molecular flexibility index (Phi) is 4.98. The molecule has 0 aliphatic heterocycles. The van der Waals surface area contributed by atoms with Crippen LogP contribution in [0.25, 0.3) is 0 Å². The second-order valence-corrected chi connectivity index (χ2v) is 5.35. The molecule has 5 heteroatoms. The van der Waals surface area contributed by atoms with Crippen molar-refractivity contribution in [3.05, 3.63) is 0 Å². The van der Waals surface area contributed by atoms with Gasteiger partial charge in [0.15, 0.2) is 9.84 Å². The van der Waals surface area contributed by atoms with E-state index in [-0.39, 0.29) is 17.4 Å². The summed E-state index contributed by atoms with van der Waals surface area (Å²) in [5.74, 6) is -1.30. The van der Waals surface area contributed by atoms with Crippen molar-refractivity contribution in [1.29, 1.82) is 0 Å². The fourth-order valence-corrected chi connectivity index (χ4v) is 3.00. The van der Waals surface area contributed by atoms with Gasteiger partial charge in [0.2, 0.25) is 0 Å². The molecule has 0 heterocycles. The highest BCUT2D eigenvalue weighted by Crippen LogP contribution is 2.11. The summed E-state index contributed by atoms with van der Waals surface area (Å²) in [4.78, 5) is 10.2. The minimum absolute atomic E-state index is 0.241. The van der Waals surface area contributed by atoms with E-state index < -0.39 is 15.8 Å². The molecule has 0 saturated carbocycles. The van der Waals surface area contributed by atoms with Crippen molar-refractivity contribution in [3.63, 3.8) is 0 Å². The number of aliphatic carboxylic acids is 1. The van der Waals surface area contributed by atoms with Crippen LogP contribution in [-0.2, 0) is 14.6 Å². The summed E-state index contributed by atoms with van der Waals surface area (Å²) in [7, 11) is -3.20. The molecule has 0 aromatic heterocycles. The summed E-state index contributed by atoms with van der Waals surface area (Å²) in [5, 5.41) is 7.96. The van der Waals surface area contributed by atoms with Gasteiger partial charge in [0.1, 0.15) is 0 Å². The van der Waals surface area contributed by atoms with Crippen LogP contribution in [-0.4, -0.2) is 30.5 Å². The van der Waals surface area contributed by atoms with Crippen LogP contribution < -0.4 is 0 Å². The molecule has 0 aliphatic carbocycles. The molecule has 0 spiro atoms. The largest absolute Gasteiger partial charge is 0.481 e. The van der Waals surface area contributed by atoms with Crippen molar-refractivity contribution in [3.8, 4) is 0 Å². The van der Waals surface area contributed by atoms with Gasteiger partial charge in [-0.25, -0.2) is 8.42 Å². The van der Waals surface area contributed by atoms with E-state index >= 15 is 0 Å². The van der Waals surface area contributed by atoms with Crippen molar-refractivity contribution in [2.24, 2.45) is 0 Å². The molecule has 78 valence electrons. The molecule has 0 radical (unpaired) electrons. The van der Waals surface area contributed by atoms with E-state index in [1.165, 1.54) is 0 Å². The molecule has 0 aliphatic rings. The van der Waals surface area contributed by atoms with Crippen LogP contribution in [0.5, 0.6) is 0 Å². The summed E-state index contributed by atoms with van der Waals surface area (Å²) < 4.78 is 22.9. The molecular formula is C8H16O4S. The van der Waals surface area contributed by atoms with Gasteiger partial charge >= 0.3 is 5.97 Å². The average Bonchev–Trinajstić information content (AvgIpc) is 2.03. The van der Waals surface area contributed by atoms with Gasteiger partial charge < -0.3 is 5.11 Å². The lowest BCUT2D eigenvalue weighted by atomic mass is 10.3. The van der Waals surface area contributed by atoms with Gasteiger partial charge in [-0.3, -0.25) is 4.79 Å². The Morgan fingerprint density at radius 2 is 1.77 bits per heavy atom. The summed E-state index contributed by atoms with van der Waals surface area (Å²) in [6.45, 7) is 3.60. The number of carboxylic acids is 1. The van der Waals surface area contributed by atoms with Crippen molar-refractivity contribution in [2.75, 3.05) is 5.75 Å². The van der Waals surface area contributed by atoms with Crippen LogP contribution in [0.4, 0.5) is 0 Å². The number of hydrogen-bond acceptors (Lipinski definition) is 3. The third-order valence-electron chi connectivity index (χ3n) is 2.02. The number of carboxylic acid groups (broad SMARTS) is 1. The maximum atomic E-state index is 11.4. The third-order valence-corrected chi connectivity index (χ3v) is 4.47. The van der Waals surface area contributed by atoms with Gasteiger partial charge in [0.25, 0.3) is 0 Å². The van der Waals surface area contributed by atoms with Crippen molar-refractivity contribution in [2.45, 2.75) is 38.4 Å². The van der Waals surface area contributed by atoms with Crippen molar-refractivity contribution < 1.29 is 18.3 Å². The van der Waals surface area contributed by atoms with E-state index in [2.05, 4.69) is 0 Å². The lowest BCUT2D eigenvalue weighted by molar-refractivity contribution is -0.136. The number of hydrogen-bond donors (Lipinski definition) is 1. The Hall–Kier alpha value is -0.580. The predicted octanol–water partition coefficient (Wildman–Crippen LogP) is 1.06. The summed E-state index contributed by atoms with van der Waals surface area (Å²) >= 11 is 0. The van der Waals surface area contributed by atoms with Crippen LogP contribution in [0.3, 0.4) is 0 Å². The van der Waals surface area contributed by atoms with E-state index in [1.807, 2.05) is 0 Å². The molecule has 0 aromatic rings. The third kappa shape index (κ3) is 4.26. The minimum atomic E-state index is -3.20. The SMILES string of the molecule is CCC(CC)S(=O)(=O)CCC(=O)O. The van der Waals surface area contributed by atoms with Gasteiger partial charge in [-0.15, -0.1) is 0 Å². The van der Waals surface area contributed by atoms with Crippen LogP contribution in [0.2, 0.25) is 0 Å². The molecule has 0 unspecified atom stereocenters. The molecule has 0 amide bonds. The molecular weight excluding hydrogens is 192 g/mol. The highest BCUT2D eigenvalue weighted by Gasteiger charge is 2.22. The van der Waals surface area contributed by atoms with E-state index in [4.69, 9.17) is 5.11 Å². The second-order valence-electron chi connectivity index (χ2n) is 2.95. The lowest BCUT2D eigenvalue weighted by Crippen LogP contribution is -2.24. The quantitative estimate of drug-likeness (QED) is 0.708. The fraction of sp³-hybridized carbons (Fsp3) is 0.875. The van der Waals surface area contributed by atoms with Gasteiger partial charge in [0.05, 0.1) is 17.4 Å². The van der Waals surface area contributed by atoms with E-state index in [9.17, 15) is 13.2 Å². The first-order valence-corrected chi connectivity index (χ1v) is 6.09. The molecule has 0 bridgehead atoms. The first-order chi connectivity index (χ1) is 5.94. The molecule has 0 saturated heterocycles. The Labute approximate surface area is 78.9 Å². The zero-order chi connectivity index (χ0) is 10.5. The Morgan fingerprint density at radius 3 is 2.08 bits per heavy atom. The monoisotopic (exact) mass is 208 g/mol. The van der Waals surface area contributed by atoms with Crippen LogP contribution in [0, 0.1) is 0 Å². The summed E-state index contributed by atoms with van der Waals surface area (Å²) in [6.07, 6.45) is 0.815. The van der Waals surface area contributed by atoms with Crippen LogP contribution >= 0.6 is 0 Å². The molecule has 0 atom stereocenters. The number of carbonyl (C=O) groups is 1. The van der Waals surface area contributed by atoms with Gasteiger partial charge in [0, 0.05) is 0 Å². The predicted molar refractivity (Wildman–Crippen MR) is 50.4 cm³/mol. The number of rotatable bonds is 6. The molecule has 13 heavy (non-hydrogen) atoms. The molecule has 4 nitrogen and oxygen atoms in total. The topological polar surface area (TPSA) is 71.4 Å². The van der Waals surface area contributed by atoms with E-state index in [1.54, 1.807) is 13.8 Å². The van der Waals surface area contributed by atoms with Gasteiger partial charge in [-0.05, 0) is 12.8 Å². The lowest BCUT2D eigenvalue weighted by Gasteiger charge is -2.12. The second kappa shape index (κ2) is 5.21. The highest BCUT2D eigenvalue weighted by atomic mass is 32.2. The van der Waals surface area contributed by atoms with Gasteiger partial charge in [-0.2, -0.15) is 0 Å². The average molecular weight is 208 g/mol. The fourth-order valence-electron chi connectivity index (χ4n) is 1.19. The minimum Gasteiger partial charge on any atom is -0.481 e. The Bertz CT molecular complexity index is 251. The first kappa shape index (κ1) is 12.4.